The van der Waals surface area contributed by atoms with E-state index >= 15 is 0 Å². The summed E-state index contributed by atoms with van der Waals surface area (Å²) in [5.41, 5.74) is 2.27. The Morgan fingerprint density at radius 2 is 1.72 bits per heavy atom. The van der Waals surface area contributed by atoms with E-state index in [0.29, 0.717) is 0 Å². The number of likely N-dealkylation sites (tertiary alicyclic amines) is 1. The van der Waals surface area contributed by atoms with Gasteiger partial charge in [-0.1, -0.05) is 30.3 Å². The van der Waals surface area contributed by atoms with Crippen LogP contribution in [0.1, 0.15) is 18.4 Å². The Morgan fingerprint density at radius 1 is 1.00 bits per heavy atom. The molecule has 1 saturated heterocycles. The van der Waals surface area contributed by atoms with E-state index in [0.717, 1.165) is 29.4 Å². The molecule has 6 heteroatoms. The number of pyridine rings is 1. The first kappa shape index (κ1) is 16.2. The van der Waals surface area contributed by atoms with Crippen LogP contribution in [0.15, 0.2) is 54.9 Å². The first-order valence-corrected chi connectivity index (χ1v) is 9.17. The molecule has 128 valence electrons. The summed E-state index contributed by atoms with van der Waals surface area (Å²) < 4.78 is 4.92. The van der Waals surface area contributed by atoms with Crippen LogP contribution in [0.3, 0.4) is 0 Å². The number of nitrogens with zero attached hydrogens (tertiary/aromatic N) is 4. The maximum Gasteiger partial charge on any atom is 0.203 e. The molecule has 0 radical (unpaired) electrons. The Morgan fingerprint density at radius 3 is 2.44 bits per heavy atom. The number of hydrogen-bond donors (Lipinski definition) is 1. The van der Waals surface area contributed by atoms with Crippen molar-refractivity contribution in [2.45, 2.75) is 26.1 Å². The Bertz CT molecular complexity index is 879. The molecule has 1 fully saturated rings. The molecule has 4 rings (SSSR count). The van der Waals surface area contributed by atoms with E-state index in [-0.39, 0.29) is 0 Å². The van der Waals surface area contributed by atoms with Gasteiger partial charge in [-0.3, -0.25) is 9.55 Å². The van der Waals surface area contributed by atoms with Gasteiger partial charge in [0.05, 0.1) is 19.6 Å². The van der Waals surface area contributed by atoms with E-state index < -0.39 is 0 Å². The zero-order chi connectivity index (χ0) is 17.1. The fourth-order valence-electron chi connectivity index (χ4n) is 3.41. The molecule has 25 heavy (non-hydrogen) atoms. The first-order chi connectivity index (χ1) is 12.3. The van der Waals surface area contributed by atoms with E-state index in [2.05, 4.69) is 33.8 Å². The number of benzene rings is 1. The van der Waals surface area contributed by atoms with Gasteiger partial charge in [0, 0.05) is 30.8 Å². The minimum absolute atomic E-state index is 0.729. The van der Waals surface area contributed by atoms with Crippen LogP contribution in [0, 0.1) is 4.77 Å². The van der Waals surface area contributed by atoms with E-state index in [4.69, 9.17) is 17.3 Å². The summed E-state index contributed by atoms with van der Waals surface area (Å²) >= 11 is 5.78. The van der Waals surface area contributed by atoms with Crippen LogP contribution in [0.2, 0.25) is 0 Å². The molecule has 1 aromatic carbocycles. The Kier molecular flexibility index (Phi) is 4.72. The maximum atomic E-state index is 5.78. The molecule has 0 saturated carbocycles. The molecule has 1 aliphatic rings. The molecule has 3 heterocycles. The van der Waals surface area contributed by atoms with Gasteiger partial charge in [0.25, 0.3) is 0 Å². The molecule has 2 aromatic heterocycles. The third-order valence-corrected chi connectivity index (χ3v) is 5.16. The van der Waals surface area contributed by atoms with Crippen LogP contribution in [-0.4, -0.2) is 32.4 Å². The number of nitrogens with one attached hydrogen (secondary N) is 1. The highest BCUT2D eigenvalue weighted by Gasteiger charge is 2.19. The normalized spacial score (nSPS) is 14.9. The average molecular weight is 352 g/mol. The molecular formula is C19H22N5S+. The summed E-state index contributed by atoms with van der Waals surface area (Å²) in [6.45, 7) is 3.99. The van der Waals surface area contributed by atoms with Crippen LogP contribution in [0.25, 0.3) is 11.4 Å². The van der Waals surface area contributed by atoms with E-state index in [1.807, 2.05) is 22.9 Å². The second kappa shape index (κ2) is 7.29. The molecule has 1 N–H and O–H groups in total. The van der Waals surface area contributed by atoms with Crippen LogP contribution < -0.4 is 4.90 Å². The molecule has 0 unspecified atom stereocenters. The topological polar surface area (TPSA) is 40.1 Å². The molecular weight excluding hydrogens is 330 g/mol. The van der Waals surface area contributed by atoms with Crippen LogP contribution in [0.5, 0.6) is 0 Å². The molecule has 0 atom stereocenters. The third kappa shape index (κ3) is 3.55. The summed E-state index contributed by atoms with van der Waals surface area (Å²) in [4.78, 5) is 5.68. The lowest BCUT2D eigenvalue weighted by molar-refractivity contribution is -0.911. The summed E-state index contributed by atoms with van der Waals surface area (Å²) in [6.07, 6.45) is 6.20. The Balaban J connectivity index is 1.73. The standard InChI is InChI=1S/C19H21N5S/c25-19-23(14-16-6-2-1-3-7-16)18(17-8-10-20-11-9-17)21-24(19)15-22-12-4-5-13-22/h1-3,6-11H,4-5,12-15H2/p+1. The van der Waals surface area contributed by atoms with Gasteiger partial charge in [-0.05, 0) is 29.9 Å². The minimum atomic E-state index is 0.729. The van der Waals surface area contributed by atoms with Crippen molar-refractivity contribution in [3.63, 3.8) is 0 Å². The minimum Gasteiger partial charge on any atom is -0.316 e. The van der Waals surface area contributed by atoms with Crippen molar-refractivity contribution in [2.24, 2.45) is 0 Å². The van der Waals surface area contributed by atoms with Crippen molar-refractivity contribution in [2.75, 3.05) is 13.1 Å². The zero-order valence-corrected chi connectivity index (χ0v) is 15.0. The highest BCUT2D eigenvalue weighted by atomic mass is 32.1. The van der Waals surface area contributed by atoms with Gasteiger partial charge >= 0.3 is 0 Å². The molecule has 0 bridgehead atoms. The van der Waals surface area contributed by atoms with Gasteiger partial charge in [-0.2, -0.15) is 4.68 Å². The highest BCUT2D eigenvalue weighted by molar-refractivity contribution is 7.71. The Labute approximate surface area is 152 Å². The van der Waals surface area contributed by atoms with Crippen LogP contribution in [0.4, 0.5) is 0 Å². The summed E-state index contributed by atoms with van der Waals surface area (Å²) in [5, 5.41) is 4.87. The van der Waals surface area contributed by atoms with E-state index in [1.54, 1.807) is 17.3 Å². The lowest BCUT2D eigenvalue weighted by atomic mass is 10.2. The summed E-state index contributed by atoms with van der Waals surface area (Å²) in [5.74, 6) is 0.912. The fraction of sp³-hybridized carbons (Fsp3) is 0.316. The maximum absolute atomic E-state index is 5.78. The van der Waals surface area contributed by atoms with Gasteiger partial charge in [0.15, 0.2) is 12.5 Å². The molecule has 0 aliphatic carbocycles. The highest BCUT2D eigenvalue weighted by Crippen LogP contribution is 2.19. The van der Waals surface area contributed by atoms with Crippen LogP contribution in [-0.2, 0) is 13.2 Å². The molecule has 1 aliphatic heterocycles. The van der Waals surface area contributed by atoms with Crippen molar-refractivity contribution in [1.29, 1.82) is 0 Å². The SMILES string of the molecule is S=c1n(C[NH+]2CCCC2)nc(-c2ccncc2)n1Cc1ccccc1. The Hall–Kier alpha value is -2.31. The van der Waals surface area contributed by atoms with E-state index in [9.17, 15) is 0 Å². The number of rotatable bonds is 5. The molecule has 0 spiro atoms. The van der Waals surface area contributed by atoms with Crippen molar-refractivity contribution >= 4 is 12.2 Å². The van der Waals surface area contributed by atoms with Gasteiger partial charge in [-0.25, -0.2) is 0 Å². The average Bonchev–Trinajstić information content (AvgIpc) is 3.27. The molecule has 0 amide bonds. The van der Waals surface area contributed by atoms with Gasteiger partial charge < -0.3 is 4.90 Å². The van der Waals surface area contributed by atoms with Crippen molar-refractivity contribution in [1.82, 2.24) is 19.3 Å². The van der Waals surface area contributed by atoms with E-state index in [1.165, 1.54) is 31.5 Å². The van der Waals surface area contributed by atoms with Crippen molar-refractivity contribution in [3.05, 3.63) is 65.2 Å². The lowest BCUT2D eigenvalue weighted by Crippen LogP contribution is -3.09. The second-order valence-electron chi connectivity index (χ2n) is 6.53. The lowest BCUT2D eigenvalue weighted by Gasteiger charge is -2.11. The smallest absolute Gasteiger partial charge is 0.203 e. The quantitative estimate of drug-likeness (QED) is 0.716. The van der Waals surface area contributed by atoms with Gasteiger partial charge in [-0.15, -0.1) is 5.10 Å². The number of hydrogen-bond acceptors (Lipinski definition) is 3. The van der Waals surface area contributed by atoms with Crippen molar-refractivity contribution in [3.8, 4) is 11.4 Å². The second-order valence-corrected chi connectivity index (χ2v) is 6.89. The van der Waals surface area contributed by atoms with Gasteiger partial charge in [0.1, 0.15) is 0 Å². The summed E-state index contributed by atoms with van der Waals surface area (Å²) in [6, 6.07) is 14.4. The predicted molar refractivity (Wildman–Crippen MR) is 99.8 cm³/mol. The molecule has 5 nitrogen and oxygen atoms in total. The van der Waals surface area contributed by atoms with Gasteiger partial charge in [0.2, 0.25) is 4.77 Å². The summed E-state index contributed by atoms with van der Waals surface area (Å²) in [7, 11) is 0. The monoisotopic (exact) mass is 352 g/mol. The van der Waals surface area contributed by atoms with Crippen LogP contribution >= 0.6 is 12.2 Å². The largest absolute Gasteiger partial charge is 0.316 e. The predicted octanol–water partition coefficient (Wildman–Crippen LogP) is 2.16. The number of quaternary nitrogens is 1. The molecule has 3 aromatic rings. The first-order valence-electron chi connectivity index (χ1n) is 8.77. The van der Waals surface area contributed by atoms with Crippen molar-refractivity contribution < 1.29 is 4.90 Å². The third-order valence-electron chi connectivity index (χ3n) is 4.73. The fourth-order valence-corrected chi connectivity index (χ4v) is 3.67. The number of aromatic nitrogens is 4. The zero-order valence-electron chi connectivity index (χ0n) is 14.1.